The molecule has 0 saturated carbocycles. The number of benzene rings is 3. The number of nitrogens with one attached hydrogen (secondary N) is 1. The van der Waals surface area contributed by atoms with Crippen LogP contribution in [0.2, 0.25) is 0 Å². The van der Waals surface area contributed by atoms with E-state index in [0.29, 0.717) is 12.2 Å². The van der Waals surface area contributed by atoms with E-state index in [9.17, 15) is 13.2 Å². The maximum atomic E-state index is 12.3. The average molecular weight is 453 g/mol. The van der Waals surface area contributed by atoms with Gasteiger partial charge in [0.05, 0.1) is 12.8 Å². The van der Waals surface area contributed by atoms with Gasteiger partial charge in [-0.1, -0.05) is 35.4 Å². The number of methoxy groups -OCH3 is 1. The zero-order chi connectivity index (χ0) is 22.6. The Morgan fingerprint density at radius 1 is 0.969 bits per heavy atom. The molecule has 1 heterocycles. The highest BCUT2D eigenvalue weighted by Crippen LogP contribution is 2.20. The Morgan fingerprint density at radius 2 is 1.66 bits per heavy atom. The molecule has 0 atom stereocenters. The summed E-state index contributed by atoms with van der Waals surface area (Å²) in [7, 11) is -2.51. The van der Waals surface area contributed by atoms with E-state index in [4.69, 9.17) is 13.3 Å². The second-order valence-corrected chi connectivity index (χ2v) is 8.19. The van der Waals surface area contributed by atoms with Crippen LogP contribution in [0.25, 0.3) is 5.69 Å². The van der Waals surface area contributed by atoms with E-state index in [2.05, 4.69) is 10.4 Å². The molecule has 0 aliphatic carbocycles. The topological polar surface area (TPSA) is 113 Å². The molecule has 32 heavy (non-hydrogen) atoms. The molecule has 0 spiro atoms. The molecular weight excluding hydrogens is 434 g/mol. The van der Waals surface area contributed by atoms with E-state index < -0.39 is 15.9 Å². The van der Waals surface area contributed by atoms with Crippen LogP contribution in [0.15, 0.2) is 93.0 Å². The summed E-state index contributed by atoms with van der Waals surface area (Å²) < 4.78 is 40.5. The van der Waals surface area contributed by atoms with Gasteiger partial charge in [-0.05, 0) is 54.1 Å². The van der Waals surface area contributed by atoms with Gasteiger partial charge in [0.25, 0.3) is 0 Å². The second-order valence-electron chi connectivity index (χ2n) is 6.64. The lowest BCUT2D eigenvalue weighted by molar-refractivity contribution is 0.282. The van der Waals surface area contributed by atoms with E-state index in [0.717, 1.165) is 15.9 Å². The number of hydrogen-bond donors (Lipinski definition) is 1. The summed E-state index contributed by atoms with van der Waals surface area (Å²) >= 11 is 0. The molecule has 0 amide bonds. The van der Waals surface area contributed by atoms with Gasteiger partial charge in [-0.15, -0.1) is 0 Å². The molecule has 0 fully saturated rings. The van der Waals surface area contributed by atoms with Crippen LogP contribution in [0.3, 0.4) is 0 Å². The van der Waals surface area contributed by atoms with Gasteiger partial charge in [0.1, 0.15) is 10.6 Å². The van der Waals surface area contributed by atoms with Crippen molar-refractivity contribution in [3.05, 3.63) is 95.0 Å². The number of aromatic nitrogens is 2. The summed E-state index contributed by atoms with van der Waals surface area (Å²) in [5.74, 6) is -0.408. The third-order valence-corrected chi connectivity index (χ3v) is 5.73. The number of anilines is 1. The first-order valence-electron chi connectivity index (χ1n) is 9.51. The smallest absolute Gasteiger partial charge is 0.444 e. The largest absolute Gasteiger partial charge is 0.452 e. The molecule has 4 aromatic rings. The van der Waals surface area contributed by atoms with Crippen molar-refractivity contribution < 1.29 is 21.8 Å². The molecule has 4 rings (SSSR count). The lowest BCUT2D eigenvalue weighted by Gasteiger charge is -2.09. The minimum atomic E-state index is -3.87. The van der Waals surface area contributed by atoms with Gasteiger partial charge in [-0.2, -0.15) is 13.1 Å². The van der Waals surface area contributed by atoms with Crippen molar-refractivity contribution in [2.24, 2.45) is 0 Å². The number of ether oxygens (including phenoxy) is 1. The van der Waals surface area contributed by atoms with Crippen molar-refractivity contribution in [2.75, 3.05) is 12.4 Å². The van der Waals surface area contributed by atoms with Crippen molar-refractivity contribution in [2.45, 2.75) is 11.4 Å². The molecule has 0 aliphatic rings. The van der Waals surface area contributed by atoms with Crippen molar-refractivity contribution >= 4 is 15.8 Å². The van der Waals surface area contributed by atoms with Gasteiger partial charge in [0.2, 0.25) is 0 Å². The molecule has 0 radical (unpaired) electrons. The Bertz CT molecular complexity index is 1350. The molecule has 3 aromatic carbocycles. The minimum Gasteiger partial charge on any atom is -0.452 e. The average Bonchev–Trinajstić information content (AvgIpc) is 3.20. The molecule has 9 nitrogen and oxygen atoms in total. The maximum absolute atomic E-state index is 12.3. The SMILES string of the molecule is COc1nn(-c2ccc(NCc3ccc(OS(=O)(=O)c4ccccc4)cc3)cc2)c(=O)o1. The van der Waals surface area contributed by atoms with Crippen molar-refractivity contribution in [3.8, 4) is 17.5 Å². The van der Waals surface area contributed by atoms with E-state index >= 15 is 0 Å². The standard InChI is InChI=1S/C22H19N3O6S/c1-29-21-24-25(22(26)30-21)18-11-9-17(10-12-18)23-15-16-7-13-19(14-8-16)31-32(27,28)20-5-3-2-4-6-20/h2-14,23H,15H2,1H3. The predicted molar refractivity (Wildman–Crippen MR) is 117 cm³/mol. The molecule has 0 aliphatic heterocycles. The Balaban J connectivity index is 1.37. The van der Waals surface area contributed by atoms with Gasteiger partial charge in [-0.3, -0.25) is 0 Å². The first-order valence-corrected chi connectivity index (χ1v) is 10.9. The fourth-order valence-electron chi connectivity index (χ4n) is 2.86. The summed E-state index contributed by atoms with van der Waals surface area (Å²) in [6.07, 6.45) is -0.110. The molecule has 10 heteroatoms. The Kier molecular flexibility index (Phi) is 5.95. The van der Waals surface area contributed by atoms with Crippen LogP contribution in [0.5, 0.6) is 11.8 Å². The van der Waals surface area contributed by atoms with Crippen LogP contribution in [0.4, 0.5) is 5.69 Å². The van der Waals surface area contributed by atoms with Gasteiger partial charge < -0.3 is 18.7 Å². The number of hydrogen-bond acceptors (Lipinski definition) is 8. The highest BCUT2D eigenvalue weighted by molar-refractivity contribution is 7.87. The van der Waals surface area contributed by atoms with Crippen LogP contribution in [-0.4, -0.2) is 25.3 Å². The Morgan fingerprint density at radius 3 is 2.28 bits per heavy atom. The zero-order valence-electron chi connectivity index (χ0n) is 17.0. The van der Waals surface area contributed by atoms with Crippen molar-refractivity contribution in [1.29, 1.82) is 0 Å². The lowest BCUT2D eigenvalue weighted by atomic mass is 10.2. The monoisotopic (exact) mass is 453 g/mol. The van der Waals surface area contributed by atoms with Crippen molar-refractivity contribution in [1.82, 2.24) is 9.78 Å². The highest BCUT2D eigenvalue weighted by Gasteiger charge is 2.15. The van der Waals surface area contributed by atoms with Crippen LogP contribution >= 0.6 is 0 Å². The second kappa shape index (κ2) is 8.98. The summed E-state index contributed by atoms with van der Waals surface area (Å²) in [5, 5.41) is 7.16. The molecule has 0 saturated heterocycles. The quantitative estimate of drug-likeness (QED) is 0.405. The van der Waals surface area contributed by atoms with Gasteiger partial charge >= 0.3 is 22.0 Å². The Hall–Kier alpha value is -4.05. The van der Waals surface area contributed by atoms with Crippen LogP contribution < -0.4 is 20.0 Å². The third-order valence-electron chi connectivity index (χ3n) is 4.47. The fourth-order valence-corrected chi connectivity index (χ4v) is 3.81. The maximum Gasteiger partial charge on any atom is 0.444 e. The first kappa shape index (κ1) is 21.2. The van der Waals surface area contributed by atoms with Gasteiger partial charge in [0, 0.05) is 12.2 Å². The molecule has 0 bridgehead atoms. The minimum absolute atomic E-state index is 0.0977. The number of rotatable bonds is 8. The van der Waals surface area contributed by atoms with Crippen LogP contribution in [0, 0.1) is 0 Å². The highest BCUT2D eigenvalue weighted by atomic mass is 32.2. The van der Waals surface area contributed by atoms with E-state index in [1.54, 1.807) is 66.7 Å². The predicted octanol–water partition coefficient (Wildman–Crippen LogP) is 3.21. The fraction of sp³-hybridized carbons (Fsp3) is 0.0909. The molecule has 1 N–H and O–H groups in total. The van der Waals surface area contributed by atoms with Gasteiger partial charge in [-0.25, -0.2) is 4.79 Å². The molecular formula is C22H19N3O6S. The van der Waals surface area contributed by atoms with Crippen molar-refractivity contribution in [3.63, 3.8) is 0 Å². The normalized spacial score (nSPS) is 11.2. The van der Waals surface area contributed by atoms with Crippen LogP contribution in [0.1, 0.15) is 5.56 Å². The number of nitrogens with zero attached hydrogens (tertiary/aromatic N) is 2. The van der Waals surface area contributed by atoms with Gasteiger partial charge in [0.15, 0.2) is 0 Å². The Labute approximate surface area is 184 Å². The summed E-state index contributed by atoms with van der Waals surface area (Å²) in [6.45, 7) is 0.503. The molecule has 164 valence electrons. The first-order chi connectivity index (χ1) is 15.4. The molecule has 0 unspecified atom stereocenters. The lowest BCUT2D eigenvalue weighted by Crippen LogP contribution is -2.13. The van der Waals surface area contributed by atoms with E-state index in [-0.39, 0.29) is 16.7 Å². The summed E-state index contributed by atoms with van der Waals surface area (Å²) in [5.41, 5.74) is 2.29. The summed E-state index contributed by atoms with van der Waals surface area (Å²) in [4.78, 5) is 11.9. The van der Waals surface area contributed by atoms with Crippen LogP contribution in [-0.2, 0) is 16.7 Å². The zero-order valence-corrected chi connectivity index (χ0v) is 17.8. The molecule has 1 aromatic heterocycles. The third kappa shape index (κ3) is 4.81. The van der Waals surface area contributed by atoms with E-state index in [1.165, 1.54) is 19.2 Å². The summed E-state index contributed by atoms with van der Waals surface area (Å²) in [6, 6.07) is 21.8. The van der Waals surface area contributed by atoms with E-state index in [1.807, 2.05) is 0 Å².